The summed E-state index contributed by atoms with van der Waals surface area (Å²) in [5.74, 6) is 0.449. The van der Waals surface area contributed by atoms with Crippen molar-refractivity contribution in [3.8, 4) is 11.5 Å². The van der Waals surface area contributed by atoms with Gasteiger partial charge in [-0.3, -0.25) is 14.2 Å². The number of hydrogen-bond acceptors (Lipinski definition) is 5. The molecule has 0 aliphatic rings. The van der Waals surface area contributed by atoms with Gasteiger partial charge in [0.05, 0.1) is 25.3 Å². The summed E-state index contributed by atoms with van der Waals surface area (Å²) in [5.41, 5.74) is -0.606. The van der Waals surface area contributed by atoms with E-state index < -0.39 is 29.4 Å². The fourth-order valence-corrected chi connectivity index (χ4v) is 3.74. The van der Waals surface area contributed by atoms with Gasteiger partial charge in [0.15, 0.2) is 0 Å². The van der Waals surface area contributed by atoms with Gasteiger partial charge in [-0.15, -0.1) is 0 Å². The smallest absolute Gasteiger partial charge is 0.438 e. The number of nitrogens with one attached hydrogen (secondary N) is 1. The number of aryl methyl sites for hydroxylation is 2. The molecule has 3 aromatic rings. The molecule has 10 heteroatoms. The van der Waals surface area contributed by atoms with Gasteiger partial charge < -0.3 is 14.8 Å². The molecule has 0 radical (unpaired) electrons. The van der Waals surface area contributed by atoms with Gasteiger partial charge in [0.25, 0.3) is 5.56 Å². The summed E-state index contributed by atoms with van der Waals surface area (Å²) >= 11 is 0. The maximum Gasteiger partial charge on any atom is 0.438 e. The van der Waals surface area contributed by atoms with Crippen molar-refractivity contribution in [3.05, 3.63) is 63.1 Å². The molecule has 0 saturated carbocycles. The van der Waals surface area contributed by atoms with Crippen molar-refractivity contribution in [2.24, 2.45) is 0 Å². The third kappa shape index (κ3) is 4.85. The molecule has 1 amide bonds. The Hall–Kier alpha value is -3.56. The number of fused-ring (bicyclic) bond motifs is 1. The number of carbonyl (C=O) groups is 1. The number of hydrogen-bond donors (Lipinski definition) is 1. The summed E-state index contributed by atoms with van der Waals surface area (Å²) in [5, 5.41) is 2.72. The zero-order valence-electron chi connectivity index (χ0n) is 19.5. The number of methoxy groups -OCH3 is 2. The molecule has 1 heterocycles. The summed E-state index contributed by atoms with van der Waals surface area (Å²) in [7, 11) is 2.98. The van der Waals surface area contributed by atoms with E-state index >= 15 is 0 Å². The largest absolute Gasteiger partial charge is 0.497 e. The molecule has 1 aromatic heterocycles. The monoisotopic (exact) mass is 477 g/mol. The summed E-state index contributed by atoms with van der Waals surface area (Å²) < 4.78 is 52.2. The van der Waals surface area contributed by atoms with E-state index in [1.54, 1.807) is 45.0 Å². The van der Waals surface area contributed by atoms with Gasteiger partial charge in [0, 0.05) is 18.2 Å². The minimum atomic E-state index is -4.96. The fraction of sp³-hybridized carbons (Fsp3) is 0.375. The molecule has 7 nitrogen and oxygen atoms in total. The van der Waals surface area contributed by atoms with Crippen LogP contribution in [0.3, 0.4) is 0 Å². The molecule has 0 aliphatic heterocycles. The third-order valence-corrected chi connectivity index (χ3v) is 5.72. The molecular weight excluding hydrogens is 451 g/mol. The SMILES string of the molecule is CC[C@@H](C(=O)NCc1ccc(OC)cc1OC)n1c(=O)c(C(F)(F)F)nc2cc(C)c(C)cc21. The predicted molar refractivity (Wildman–Crippen MR) is 121 cm³/mol. The lowest BCUT2D eigenvalue weighted by Gasteiger charge is -2.22. The molecular formula is C24H26F3N3O4. The highest BCUT2D eigenvalue weighted by atomic mass is 19.4. The summed E-state index contributed by atoms with van der Waals surface area (Å²) in [4.78, 5) is 29.7. The minimum absolute atomic E-state index is 0.00176. The van der Waals surface area contributed by atoms with Crippen LogP contribution in [0, 0.1) is 13.8 Å². The zero-order valence-corrected chi connectivity index (χ0v) is 19.5. The van der Waals surface area contributed by atoms with Crippen LogP contribution >= 0.6 is 0 Å². The molecule has 0 saturated heterocycles. The second-order valence-corrected chi connectivity index (χ2v) is 7.88. The van der Waals surface area contributed by atoms with E-state index in [0.717, 1.165) is 15.7 Å². The van der Waals surface area contributed by atoms with Crippen LogP contribution in [0.4, 0.5) is 13.2 Å². The molecule has 2 aromatic carbocycles. The Morgan fingerprint density at radius 2 is 1.79 bits per heavy atom. The summed E-state index contributed by atoms with van der Waals surface area (Å²) in [6.45, 7) is 5.19. The van der Waals surface area contributed by atoms with Gasteiger partial charge in [-0.05, 0) is 55.7 Å². The average Bonchev–Trinajstić information content (AvgIpc) is 2.79. The number of alkyl halides is 3. The van der Waals surface area contributed by atoms with Crippen molar-refractivity contribution in [2.75, 3.05) is 14.2 Å². The first-order chi connectivity index (χ1) is 16.0. The molecule has 34 heavy (non-hydrogen) atoms. The molecule has 0 fully saturated rings. The van der Waals surface area contributed by atoms with Crippen LogP contribution in [0.25, 0.3) is 11.0 Å². The zero-order chi connectivity index (χ0) is 25.2. The van der Waals surface area contributed by atoms with Crippen LogP contribution in [0.5, 0.6) is 11.5 Å². The number of halogens is 3. The molecule has 0 unspecified atom stereocenters. The second-order valence-electron chi connectivity index (χ2n) is 7.88. The van der Waals surface area contributed by atoms with Crippen molar-refractivity contribution in [3.63, 3.8) is 0 Å². The number of rotatable bonds is 7. The Balaban J connectivity index is 2.06. The van der Waals surface area contributed by atoms with Crippen LogP contribution in [-0.4, -0.2) is 29.7 Å². The van der Waals surface area contributed by atoms with E-state index in [-0.39, 0.29) is 24.0 Å². The van der Waals surface area contributed by atoms with Gasteiger partial charge in [0.2, 0.25) is 11.6 Å². The van der Waals surface area contributed by atoms with Crippen LogP contribution in [0.2, 0.25) is 0 Å². The minimum Gasteiger partial charge on any atom is -0.497 e. The molecule has 0 aliphatic carbocycles. The number of benzene rings is 2. The number of aromatic nitrogens is 2. The Bertz CT molecular complexity index is 1290. The highest BCUT2D eigenvalue weighted by molar-refractivity contribution is 5.84. The number of carbonyl (C=O) groups excluding carboxylic acids is 1. The van der Waals surface area contributed by atoms with Crippen molar-refractivity contribution < 1.29 is 27.4 Å². The standard InChI is InChI=1S/C24H26F3N3O4/c1-6-18(22(31)28-12-15-7-8-16(33-4)11-20(15)34-5)30-19-10-14(3)13(2)9-17(19)29-21(23(30)32)24(25,26)27/h7-11,18H,6,12H2,1-5H3,(H,28,31)/t18-/m0/s1. The predicted octanol–water partition coefficient (Wildman–Crippen LogP) is 4.32. The normalized spacial score (nSPS) is 12.5. The van der Waals surface area contributed by atoms with Crippen LogP contribution < -0.4 is 20.3 Å². The Morgan fingerprint density at radius 3 is 2.38 bits per heavy atom. The molecule has 1 atom stereocenters. The lowest BCUT2D eigenvalue weighted by atomic mass is 10.1. The quantitative estimate of drug-likeness (QED) is 0.548. The van der Waals surface area contributed by atoms with Gasteiger partial charge in [-0.1, -0.05) is 6.92 Å². The second kappa shape index (κ2) is 9.74. The van der Waals surface area contributed by atoms with E-state index in [1.807, 2.05) is 0 Å². The Labute approximate surface area is 194 Å². The van der Waals surface area contributed by atoms with E-state index in [1.165, 1.54) is 20.3 Å². The lowest BCUT2D eigenvalue weighted by Crippen LogP contribution is -2.40. The van der Waals surface area contributed by atoms with Gasteiger partial charge in [-0.25, -0.2) is 4.98 Å². The molecule has 0 spiro atoms. The topological polar surface area (TPSA) is 82.5 Å². The fourth-order valence-electron chi connectivity index (χ4n) is 3.74. The van der Waals surface area contributed by atoms with Crippen molar-refractivity contribution in [2.45, 2.75) is 46.0 Å². The first kappa shape index (κ1) is 25.1. The first-order valence-electron chi connectivity index (χ1n) is 10.6. The maximum atomic E-state index is 13.6. The van der Waals surface area contributed by atoms with Crippen LogP contribution in [0.1, 0.15) is 41.8 Å². The van der Waals surface area contributed by atoms with Gasteiger partial charge in [0.1, 0.15) is 17.5 Å². The first-order valence-corrected chi connectivity index (χ1v) is 10.6. The average molecular weight is 477 g/mol. The molecule has 0 bridgehead atoms. The number of ether oxygens (including phenoxy) is 2. The van der Waals surface area contributed by atoms with Gasteiger partial charge >= 0.3 is 6.18 Å². The van der Waals surface area contributed by atoms with E-state index in [9.17, 15) is 22.8 Å². The highest BCUT2D eigenvalue weighted by Crippen LogP contribution is 2.29. The van der Waals surface area contributed by atoms with Crippen LogP contribution in [0.15, 0.2) is 35.1 Å². The van der Waals surface area contributed by atoms with Crippen molar-refractivity contribution >= 4 is 16.9 Å². The molecule has 182 valence electrons. The Kier molecular flexibility index (Phi) is 7.18. The number of amides is 1. The summed E-state index contributed by atoms with van der Waals surface area (Å²) in [6, 6.07) is 6.96. The van der Waals surface area contributed by atoms with Crippen molar-refractivity contribution in [1.29, 1.82) is 0 Å². The third-order valence-electron chi connectivity index (χ3n) is 5.72. The van der Waals surface area contributed by atoms with E-state index in [2.05, 4.69) is 10.3 Å². The number of nitrogens with zero attached hydrogens (tertiary/aromatic N) is 2. The molecule has 3 rings (SSSR count). The van der Waals surface area contributed by atoms with Gasteiger partial charge in [-0.2, -0.15) is 13.2 Å². The van der Waals surface area contributed by atoms with E-state index in [0.29, 0.717) is 17.1 Å². The molecule has 1 N–H and O–H groups in total. The lowest BCUT2D eigenvalue weighted by molar-refractivity contribution is -0.142. The summed E-state index contributed by atoms with van der Waals surface area (Å²) in [6.07, 6.45) is -4.87. The Morgan fingerprint density at radius 1 is 1.12 bits per heavy atom. The van der Waals surface area contributed by atoms with Crippen LogP contribution in [-0.2, 0) is 17.5 Å². The van der Waals surface area contributed by atoms with Crippen molar-refractivity contribution in [1.82, 2.24) is 14.9 Å². The highest BCUT2D eigenvalue weighted by Gasteiger charge is 2.38. The van der Waals surface area contributed by atoms with E-state index in [4.69, 9.17) is 9.47 Å². The maximum absolute atomic E-state index is 13.6.